The van der Waals surface area contributed by atoms with Gasteiger partial charge in [-0.15, -0.1) is 0 Å². The molecule has 13 nitrogen and oxygen atoms in total. The summed E-state index contributed by atoms with van der Waals surface area (Å²) in [5.74, 6) is 0.0219. The zero-order chi connectivity index (χ0) is 24.5. The molecule has 0 unspecified atom stereocenters. The van der Waals surface area contributed by atoms with Crippen molar-refractivity contribution in [3.8, 4) is 0 Å². The van der Waals surface area contributed by atoms with Gasteiger partial charge >= 0.3 is 6.09 Å². The zero-order valence-corrected chi connectivity index (χ0v) is 19.4. The molecule has 0 aromatic carbocycles. The number of aromatic nitrogens is 4. The topological polar surface area (TPSA) is 175 Å². The van der Waals surface area contributed by atoms with Crippen molar-refractivity contribution in [3.05, 3.63) is 12.7 Å². The molecule has 2 aromatic rings. The van der Waals surface area contributed by atoms with Gasteiger partial charge in [0.1, 0.15) is 35.7 Å². The molecular weight excluding hydrogens is 446 g/mol. The minimum absolute atomic E-state index is 0.130. The molecule has 0 bridgehead atoms. The Morgan fingerprint density at radius 2 is 2.12 bits per heavy atom. The fraction of sp³-hybridized carbons (Fsp3) is 0.667. The van der Waals surface area contributed by atoms with Gasteiger partial charge in [-0.3, -0.25) is 9.69 Å². The number of aliphatic hydroxyl groups excluding tert-OH is 2. The maximum atomic E-state index is 13.0. The number of fused-ring (bicyclic) bond motifs is 1. The molecule has 2 aliphatic rings. The van der Waals surface area contributed by atoms with Crippen LogP contribution < -0.4 is 10.6 Å². The van der Waals surface area contributed by atoms with Crippen LogP contribution in [0.15, 0.2) is 12.7 Å². The number of rotatable bonds is 5. The second-order valence-corrected chi connectivity index (χ2v) is 9.50. The van der Waals surface area contributed by atoms with E-state index in [9.17, 15) is 19.8 Å². The van der Waals surface area contributed by atoms with Crippen LogP contribution in [-0.4, -0.2) is 96.3 Å². The van der Waals surface area contributed by atoms with Crippen molar-refractivity contribution >= 4 is 29.0 Å². The van der Waals surface area contributed by atoms with E-state index < -0.39 is 42.2 Å². The Morgan fingerprint density at radius 3 is 2.85 bits per heavy atom. The van der Waals surface area contributed by atoms with Crippen LogP contribution in [0.25, 0.3) is 11.2 Å². The largest absolute Gasteiger partial charge is 0.444 e. The lowest BCUT2D eigenvalue weighted by atomic mass is 9.98. The molecular formula is C21H31N7O6. The van der Waals surface area contributed by atoms with Crippen LogP contribution in [0.3, 0.4) is 0 Å². The first-order valence-corrected chi connectivity index (χ1v) is 11.3. The van der Waals surface area contributed by atoms with Gasteiger partial charge in [0.2, 0.25) is 5.91 Å². The van der Waals surface area contributed by atoms with Crippen LogP contribution in [0, 0.1) is 0 Å². The van der Waals surface area contributed by atoms with Gasteiger partial charge in [-0.05, 0) is 33.6 Å². The summed E-state index contributed by atoms with van der Waals surface area (Å²) >= 11 is 0. The molecule has 2 aromatic heterocycles. The highest BCUT2D eigenvalue weighted by Crippen LogP contribution is 2.26. The number of likely N-dealkylation sites (tertiary alicyclic amines) is 1. The predicted octanol–water partition coefficient (Wildman–Crippen LogP) is 0.117. The molecule has 4 heterocycles. The summed E-state index contributed by atoms with van der Waals surface area (Å²) in [7, 11) is 0. The number of aliphatic hydroxyl groups is 2. The Hall–Kier alpha value is -3.03. The average Bonchev–Trinajstić information content (AvgIpc) is 3.44. The lowest BCUT2D eigenvalue weighted by Gasteiger charge is -2.40. The highest BCUT2D eigenvalue weighted by molar-refractivity contribution is 5.86. The number of H-pyrrole nitrogens is 1. The lowest BCUT2D eigenvalue weighted by Crippen LogP contribution is -2.60. The molecule has 13 heteroatoms. The van der Waals surface area contributed by atoms with E-state index >= 15 is 0 Å². The summed E-state index contributed by atoms with van der Waals surface area (Å²) in [5.41, 5.74) is 0.341. The Morgan fingerprint density at radius 1 is 1.32 bits per heavy atom. The van der Waals surface area contributed by atoms with Crippen molar-refractivity contribution in [2.45, 2.75) is 76.2 Å². The first kappa shape index (κ1) is 24.1. The number of imidazole rings is 1. The van der Waals surface area contributed by atoms with Crippen molar-refractivity contribution in [3.63, 3.8) is 0 Å². The quantitative estimate of drug-likeness (QED) is 0.398. The summed E-state index contributed by atoms with van der Waals surface area (Å²) in [6.45, 7) is 5.36. The van der Waals surface area contributed by atoms with Gasteiger partial charge in [0.05, 0.1) is 19.0 Å². The van der Waals surface area contributed by atoms with E-state index in [1.165, 1.54) is 17.6 Å². The van der Waals surface area contributed by atoms with Crippen molar-refractivity contribution < 1.29 is 29.3 Å². The number of hydrogen-bond donors (Lipinski definition) is 5. The molecule has 5 N–H and O–H groups in total. The number of carbonyl (C=O) groups is 2. The minimum Gasteiger partial charge on any atom is -0.444 e. The molecule has 34 heavy (non-hydrogen) atoms. The third-order valence-electron chi connectivity index (χ3n) is 5.81. The number of nitrogens with one attached hydrogen (secondary N) is 3. The standard InChI is InChI=1S/C21H31N7O6/c1-21(2,3)34-20(32)28-6-4-5-12(28)18(31)26-11-7-13(30)19(33-14(11)8-29)27-17-15-16(23-9-22-15)24-10-25-17/h9-14,19,29-30H,4-8H2,1-3H3,(H,26,31)(H2,22,23,24,25,27)/t11-,12+,13+,14+,19+/m1/s1. The fourth-order valence-corrected chi connectivity index (χ4v) is 4.23. The van der Waals surface area contributed by atoms with Crippen molar-refractivity contribution in [1.82, 2.24) is 30.2 Å². The van der Waals surface area contributed by atoms with Crippen LogP contribution in [-0.2, 0) is 14.3 Å². The van der Waals surface area contributed by atoms with Gasteiger partial charge in [0, 0.05) is 13.0 Å². The smallest absolute Gasteiger partial charge is 0.410 e. The minimum atomic E-state index is -1.01. The molecule has 0 saturated carbocycles. The second-order valence-electron chi connectivity index (χ2n) is 9.50. The molecule has 0 radical (unpaired) electrons. The van der Waals surface area contributed by atoms with E-state index in [1.807, 2.05) is 0 Å². The molecule has 5 atom stereocenters. The van der Waals surface area contributed by atoms with E-state index in [0.29, 0.717) is 36.4 Å². The number of nitrogens with zero attached hydrogens (tertiary/aromatic N) is 4. The van der Waals surface area contributed by atoms with Gasteiger partial charge in [-0.1, -0.05) is 0 Å². The maximum Gasteiger partial charge on any atom is 0.410 e. The highest BCUT2D eigenvalue weighted by atomic mass is 16.6. The van der Waals surface area contributed by atoms with Crippen LogP contribution in [0.4, 0.5) is 10.6 Å². The van der Waals surface area contributed by atoms with Crippen molar-refractivity contribution in [1.29, 1.82) is 0 Å². The number of amides is 2. The first-order valence-electron chi connectivity index (χ1n) is 11.3. The third kappa shape index (κ3) is 5.21. The summed E-state index contributed by atoms with van der Waals surface area (Å²) in [4.78, 5) is 42.2. The molecule has 2 saturated heterocycles. The molecule has 186 valence electrons. The Labute approximate surface area is 196 Å². The van der Waals surface area contributed by atoms with E-state index in [2.05, 4.69) is 30.6 Å². The second kappa shape index (κ2) is 9.68. The van der Waals surface area contributed by atoms with Crippen LogP contribution in [0.1, 0.15) is 40.0 Å². The number of anilines is 1. The van der Waals surface area contributed by atoms with E-state index in [4.69, 9.17) is 9.47 Å². The molecule has 2 fully saturated rings. The SMILES string of the molecule is CC(C)(C)OC(=O)N1CCC[C@H]1C(=O)N[C@@H]1C[C@H](O)[C@@H](Nc2ncnc3nc[nH]c23)O[C@H]1CO. The first-order chi connectivity index (χ1) is 16.2. The average molecular weight is 478 g/mol. The third-order valence-corrected chi connectivity index (χ3v) is 5.81. The van der Waals surface area contributed by atoms with Gasteiger partial charge in [0.15, 0.2) is 17.7 Å². The van der Waals surface area contributed by atoms with Gasteiger partial charge in [-0.2, -0.15) is 0 Å². The van der Waals surface area contributed by atoms with E-state index in [1.54, 1.807) is 20.8 Å². The van der Waals surface area contributed by atoms with Crippen LogP contribution >= 0.6 is 0 Å². The fourth-order valence-electron chi connectivity index (χ4n) is 4.23. The maximum absolute atomic E-state index is 13.0. The van der Waals surface area contributed by atoms with Crippen LogP contribution in [0.2, 0.25) is 0 Å². The molecule has 4 rings (SSSR count). The number of aromatic amines is 1. The molecule has 0 aliphatic carbocycles. The zero-order valence-electron chi connectivity index (χ0n) is 19.4. The highest BCUT2D eigenvalue weighted by Gasteiger charge is 2.42. The van der Waals surface area contributed by atoms with Crippen molar-refractivity contribution in [2.24, 2.45) is 0 Å². The monoisotopic (exact) mass is 477 g/mol. The molecule has 2 aliphatic heterocycles. The van der Waals surface area contributed by atoms with Crippen LogP contribution in [0.5, 0.6) is 0 Å². The summed E-state index contributed by atoms with van der Waals surface area (Å²) in [6, 6.07) is -1.33. The van der Waals surface area contributed by atoms with Gasteiger partial charge in [-0.25, -0.2) is 19.7 Å². The Kier molecular flexibility index (Phi) is 6.86. The van der Waals surface area contributed by atoms with Gasteiger partial charge in [0.25, 0.3) is 0 Å². The van der Waals surface area contributed by atoms with E-state index in [0.717, 1.165) is 0 Å². The number of ether oxygens (including phenoxy) is 2. The summed E-state index contributed by atoms with van der Waals surface area (Å²) in [6.07, 6.45) is 0.928. The van der Waals surface area contributed by atoms with E-state index in [-0.39, 0.29) is 18.9 Å². The number of hydrogen-bond acceptors (Lipinski definition) is 10. The Bertz CT molecular complexity index is 1020. The molecule has 2 amide bonds. The number of carbonyl (C=O) groups excluding carboxylic acids is 2. The summed E-state index contributed by atoms with van der Waals surface area (Å²) < 4.78 is 11.3. The predicted molar refractivity (Wildman–Crippen MR) is 120 cm³/mol. The van der Waals surface area contributed by atoms with Crippen molar-refractivity contribution in [2.75, 3.05) is 18.5 Å². The normalized spacial score (nSPS) is 27.6. The molecule has 0 spiro atoms. The van der Waals surface area contributed by atoms with Gasteiger partial charge < -0.3 is 35.3 Å². The lowest BCUT2D eigenvalue weighted by molar-refractivity contribution is -0.144. The summed E-state index contributed by atoms with van der Waals surface area (Å²) in [5, 5.41) is 26.5. The Balaban J connectivity index is 1.40.